The highest BCUT2D eigenvalue weighted by Gasteiger charge is 2.27. The van der Waals surface area contributed by atoms with Crippen molar-refractivity contribution in [3.8, 4) is 6.07 Å². The van der Waals surface area contributed by atoms with Crippen molar-refractivity contribution in [2.75, 3.05) is 19.6 Å². The summed E-state index contributed by atoms with van der Waals surface area (Å²) in [7, 11) is -3.86. The summed E-state index contributed by atoms with van der Waals surface area (Å²) in [6.45, 7) is 6.74. The number of carbonyl (C=O) groups is 2. The second kappa shape index (κ2) is 14.2. The van der Waals surface area contributed by atoms with E-state index in [0.717, 1.165) is 16.5 Å². The lowest BCUT2D eigenvalue weighted by Crippen LogP contribution is -2.47. The van der Waals surface area contributed by atoms with Crippen molar-refractivity contribution in [3.63, 3.8) is 0 Å². The van der Waals surface area contributed by atoms with Crippen LogP contribution in [0, 0.1) is 17.2 Å². The molecule has 0 bridgehead atoms. The Bertz CT molecular complexity index is 1390. The maximum Gasteiger partial charge on any atom is 0.262 e. The van der Waals surface area contributed by atoms with Crippen LogP contribution in [0.5, 0.6) is 0 Å². The fourth-order valence-electron chi connectivity index (χ4n) is 4.23. The summed E-state index contributed by atoms with van der Waals surface area (Å²) in [5.41, 5.74) is 0.109. The van der Waals surface area contributed by atoms with Crippen LogP contribution in [-0.4, -0.2) is 50.2 Å². The van der Waals surface area contributed by atoms with Crippen LogP contribution in [0.4, 0.5) is 0 Å². The summed E-state index contributed by atoms with van der Waals surface area (Å²) in [5, 5.41) is 16.1. The Kier molecular flexibility index (Phi) is 11.0. The SMILES string of the molecule is CCCCN(CCCNC(=O)[C@H](CC(C)C)NC(=O)c1cc2ccccc2s1)S(=O)(=O)c1ccccc1C#N. The number of unbranched alkanes of at least 4 members (excludes halogenated alkanes) is 1. The van der Waals surface area contributed by atoms with Gasteiger partial charge >= 0.3 is 0 Å². The van der Waals surface area contributed by atoms with Crippen LogP contribution in [0.25, 0.3) is 10.1 Å². The number of carbonyl (C=O) groups excluding carboxylic acids is 2. The topological polar surface area (TPSA) is 119 Å². The lowest BCUT2D eigenvalue weighted by Gasteiger charge is -2.23. The predicted molar refractivity (Wildman–Crippen MR) is 155 cm³/mol. The third-order valence-electron chi connectivity index (χ3n) is 6.25. The van der Waals surface area contributed by atoms with Gasteiger partial charge in [-0.1, -0.05) is 57.5 Å². The summed E-state index contributed by atoms with van der Waals surface area (Å²) in [6.07, 6.45) is 2.37. The van der Waals surface area contributed by atoms with Crippen LogP contribution in [0.3, 0.4) is 0 Å². The minimum atomic E-state index is -3.86. The molecule has 0 aliphatic carbocycles. The quantitative estimate of drug-likeness (QED) is 0.268. The number of thiophene rings is 1. The first-order valence-electron chi connectivity index (χ1n) is 13.2. The number of hydrogen-bond acceptors (Lipinski definition) is 6. The van der Waals surface area contributed by atoms with Crippen molar-refractivity contribution in [3.05, 3.63) is 65.0 Å². The molecule has 0 spiro atoms. The molecule has 8 nitrogen and oxygen atoms in total. The van der Waals surface area contributed by atoms with E-state index in [1.807, 2.05) is 57.2 Å². The summed E-state index contributed by atoms with van der Waals surface area (Å²) >= 11 is 1.39. The molecule has 0 unspecified atom stereocenters. The highest BCUT2D eigenvalue weighted by Crippen LogP contribution is 2.25. The molecule has 1 atom stereocenters. The molecule has 3 rings (SSSR count). The average molecular weight is 569 g/mol. The first-order chi connectivity index (χ1) is 18.7. The smallest absolute Gasteiger partial charge is 0.262 e. The van der Waals surface area contributed by atoms with Crippen molar-refractivity contribution < 1.29 is 18.0 Å². The van der Waals surface area contributed by atoms with E-state index >= 15 is 0 Å². The minimum Gasteiger partial charge on any atom is -0.354 e. The Morgan fingerprint density at radius 1 is 1.05 bits per heavy atom. The fraction of sp³-hybridized carbons (Fsp3) is 0.414. The van der Waals surface area contributed by atoms with Crippen LogP contribution < -0.4 is 10.6 Å². The summed E-state index contributed by atoms with van der Waals surface area (Å²) in [4.78, 5) is 26.5. The van der Waals surface area contributed by atoms with Gasteiger partial charge in [0.2, 0.25) is 15.9 Å². The average Bonchev–Trinajstić information content (AvgIpc) is 3.36. The zero-order valence-corrected chi connectivity index (χ0v) is 24.3. The molecular weight excluding hydrogens is 532 g/mol. The summed E-state index contributed by atoms with van der Waals surface area (Å²) < 4.78 is 29.1. The molecule has 10 heteroatoms. The van der Waals surface area contributed by atoms with Crippen LogP contribution in [0.15, 0.2) is 59.5 Å². The standard InChI is InChI=1S/C29H36N4O4S2/c1-4-5-16-33(39(36,37)27-14-9-7-12-23(27)20-30)17-10-15-31-28(34)24(18-21(2)3)32-29(35)26-19-22-11-6-8-13-25(22)38-26/h6-9,11-14,19,21,24H,4-5,10,15-18H2,1-3H3,(H,31,34)(H,32,35)/t24-/m0/s1. The number of nitrogens with one attached hydrogen (secondary N) is 2. The number of sulfonamides is 1. The molecule has 0 radical (unpaired) electrons. The van der Waals surface area contributed by atoms with E-state index in [2.05, 4.69) is 10.6 Å². The first-order valence-corrected chi connectivity index (χ1v) is 15.5. The zero-order chi connectivity index (χ0) is 28.4. The molecule has 2 amide bonds. The van der Waals surface area contributed by atoms with E-state index in [1.54, 1.807) is 12.1 Å². The molecule has 0 aliphatic heterocycles. The minimum absolute atomic E-state index is 0.00594. The number of nitrogens with zero attached hydrogens (tertiary/aromatic N) is 2. The number of benzene rings is 2. The van der Waals surface area contributed by atoms with Gasteiger partial charge in [-0.05, 0) is 54.8 Å². The number of amides is 2. The Labute approximate surface area is 235 Å². The molecular formula is C29H36N4O4S2. The third kappa shape index (κ3) is 8.12. The van der Waals surface area contributed by atoms with Crippen molar-refractivity contribution in [2.24, 2.45) is 5.92 Å². The van der Waals surface area contributed by atoms with E-state index in [9.17, 15) is 23.3 Å². The normalized spacial score (nSPS) is 12.4. The van der Waals surface area contributed by atoms with E-state index in [-0.39, 0.29) is 41.3 Å². The van der Waals surface area contributed by atoms with Gasteiger partial charge in [-0.25, -0.2) is 8.42 Å². The molecule has 39 heavy (non-hydrogen) atoms. The first kappa shape index (κ1) is 30.3. The molecule has 2 aromatic carbocycles. The summed E-state index contributed by atoms with van der Waals surface area (Å²) in [6, 6.07) is 17.0. The van der Waals surface area contributed by atoms with Gasteiger partial charge in [-0.2, -0.15) is 9.57 Å². The van der Waals surface area contributed by atoms with Crippen molar-refractivity contribution in [1.82, 2.24) is 14.9 Å². The van der Waals surface area contributed by atoms with Gasteiger partial charge in [-0.3, -0.25) is 9.59 Å². The van der Waals surface area contributed by atoms with E-state index in [1.165, 1.54) is 27.8 Å². The van der Waals surface area contributed by atoms with Gasteiger partial charge in [0, 0.05) is 24.3 Å². The van der Waals surface area contributed by atoms with E-state index < -0.39 is 16.1 Å². The molecule has 0 saturated carbocycles. The van der Waals surface area contributed by atoms with Gasteiger partial charge in [0.25, 0.3) is 5.91 Å². The van der Waals surface area contributed by atoms with Crippen LogP contribution in [0.2, 0.25) is 0 Å². The number of hydrogen-bond donors (Lipinski definition) is 2. The molecule has 3 aromatic rings. The van der Waals surface area contributed by atoms with Crippen LogP contribution >= 0.6 is 11.3 Å². The van der Waals surface area contributed by atoms with Gasteiger partial charge in [0.05, 0.1) is 15.3 Å². The molecule has 0 fully saturated rings. The number of fused-ring (bicyclic) bond motifs is 1. The largest absolute Gasteiger partial charge is 0.354 e. The Morgan fingerprint density at radius 3 is 2.44 bits per heavy atom. The molecule has 1 aromatic heterocycles. The second-order valence-corrected chi connectivity index (χ2v) is 12.8. The van der Waals surface area contributed by atoms with Gasteiger partial charge in [0.15, 0.2) is 0 Å². The molecule has 208 valence electrons. The lowest BCUT2D eigenvalue weighted by molar-refractivity contribution is -0.123. The highest BCUT2D eigenvalue weighted by molar-refractivity contribution is 7.89. The Morgan fingerprint density at radius 2 is 1.74 bits per heavy atom. The van der Waals surface area contributed by atoms with Crippen molar-refractivity contribution in [2.45, 2.75) is 57.4 Å². The number of rotatable bonds is 14. The third-order valence-corrected chi connectivity index (χ3v) is 9.32. The maximum absolute atomic E-state index is 13.3. The highest BCUT2D eigenvalue weighted by atomic mass is 32.2. The Balaban J connectivity index is 1.62. The van der Waals surface area contributed by atoms with Gasteiger partial charge in [0.1, 0.15) is 12.1 Å². The lowest BCUT2D eigenvalue weighted by atomic mass is 10.0. The van der Waals surface area contributed by atoms with Crippen LogP contribution in [0.1, 0.15) is 61.7 Å². The van der Waals surface area contributed by atoms with Crippen molar-refractivity contribution >= 4 is 43.3 Å². The van der Waals surface area contributed by atoms with E-state index in [4.69, 9.17) is 0 Å². The summed E-state index contributed by atoms with van der Waals surface area (Å²) in [5.74, 6) is -0.403. The number of nitriles is 1. The predicted octanol–water partition coefficient (Wildman–Crippen LogP) is 4.91. The second-order valence-electron chi connectivity index (χ2n) is 9.81. The molecule has 2 N–H and O–H groups in total. The van der Waals surface area contributed by atoms with Gasteiger partial charge in [-0.15, -0.1) is 11.3 Å². The fourth-order valence-corrected chi connectivity index (χ4v) is 6.85. The Hall–Kier alpha value is -3.26. The van der Waals surface area contributed by atoms with E-state index in [0.29, 0.717) is 30.7 Å². The van der Waals surface area contributed by atoms with Gasteiger partial charge < -0.3 is 10.6 Å². The van der Waals surface area contributed by atoms with Crippen molar-refractivity contribution in [1.29, 1.82) is 5.26 Å². The molecule has 1 heterocycles. The molecule has 0 aliphatic rings. The zero-order valence-electron chi connectivity index (χ0n) is 22.6. The monoisotopic (exact) mass is 568 g/mol. The molecule has 0 saturated heterocycles. The maximum atomic E-state index is 13.3. The van der Waals surface area contributed by atoms with Crippen LogP contribution in [-0.2, 0) is 14.8 Å².